The molecule has 0 aliphatic heterocycles. The van der Waals surface area contributed by atoms with Crippen molar-refractivity contribution in [1.82, 2.24) is 0 Å². The van der Waals surface area contributed by atoms with Crippen molar-refractivity contribution >= 4 is 0 Å². The predicted octanol–water partition coefficient (Wildman–Crippen LogP) is 10.4. The van der Waals surface area contributed by atoms with Gasteiger partial charge in [-0.1, -0.05) is 66.7 Å². The lowest BCUT2D eigenvalue weighted by Crippen LogP contribution is -2.53. The zero-order valence-corrected chi connectivity index (χ0v) is 21.5. The number of aryl methyl sites for hydroxylation is 1. The van der Waals surface area contributed by atoms with E-state index in [0.29, 0.717) is 24.3 Å². The standard InChI is InChI=1S/C31H16F12/c1-15-12-21-18-7-3-5-9-23(18)27(30(38,39)40,31(41,42)43)25(21)14-20(15)16-10-11-19-17-6-2-4-8-22(17)26(24(19)13-16,28(32,33)34)29(35,36)37/h2-14H,1H3. The van der Waals surface area contributed by atoms with E-state index in [0.717, 1.165) is 42.5 Å². The Morgan fingerprint density at radius 2 is 0.791 bits per heavy atom. The first-order valence-electron chi connectivity index (χ1n) is 12.6. The number of rotatable bonds is 1. The minimum absolute atomic E-state index is 0.0498. The van der Waals surface area contributed by atoms with Gasteiger partial charge in [-0.2, -0.15) is 52.7 Å². The van der Waals surface area contributed by atoms with Gasteiger partial charge in [0, 0.05) is 0 Å². The summed E-state index contributed by atoms with van der Waals surface area (Å²) in [4.78, 5) is 0. The summed E-state index contributed by atoms with van der Waals surface area (Å²) in [6.07, 6.45) is -23.6. The maximum absolute atomic E-state index is 14.6. The van der Waals surface area contributed by atoms with E-state index in [-0.39, 0.29) is 27.8 Å². The van der Waals surface area contributed by atoms with Crippen molar-refractivity contribution in [2.24, 2.45) is 0 Å². The molecule has 0 saturated carbocycles. The van der Waals surface area contributed by atoms with Gasteiger partial charge in [-0.25, -0.2) is 0 Å². The highest BCUT2D eigenvalue weighted by Gasteiger charge is 2.76. The van der Waals surface area contributed by atoms with Gasteiger partial charge in [-0.3, -0.25) is 0 Å². The highest BCUT2D eigenvalue weighted by atomic mass is 19.4. The molecule has 2 aliphatic rings. The molecular formula is C31H16F12. The molecule has 12 heteroatoms. The van der Waals surface area contributed by atoms with Gasteiger partial charge in [0.25, 0.3) is 0 Å². The summed E-state index contributed by atoms with van der Waals surface area (Å²) in [5, 5.41) is 0. The predicted molar refractivity (Wildman–Crippen MR) is 133 cm³/mol. The summed E-state index contributed by atoms with van der Waals surface area (Å²) >= 11 is 0. The third-order valence-corrected chi connectivity index (χ3v) is 8.45. The Morgan fingerprint density at radius 1 is 0.395 bits per heavy atom. The van der Waals surface area contributed by atoms with Crippen LogP contribution in [0, 0.1) is 6.92 Å². The van der Waals surface area contributed by atoms with Crippen LogP contribution in [0.1, 0.15) is 27.8 Å². The molecule has 0 spiro atoms. The highest BCUT2D eigenvalue weighted by molar-refractivity contribution is 5.89. The molecule has 4 aromatic carbocycles. The van der Waals surface area contributed by atoms with Gasteiger partial charge in [-0.05, 0) is 80.3 Å². The molecule has 0 fully saturated rings. The fourth-order valence-corrected chi connectivity index (χ4v) is 6.73. The molecule has 43 heavy (non-hydrogen) atoms. The van der Waals surface area contributed by atoms with E-state index >= 15 is 0 Å². The minimum Gasteiger partial charge on any atom is -0.169 e. The molecule has 0 heterocycles. The molecule has 0 saturated heterocycles. The molecule has 0 amide bonds. The highest BCUT2D eigenvalue weighted by Crippen LogP contribution is 2.66. The molecule has 0 radical (unpaired) electrons. The van der Waals surface area contributed by atoms with Gasteiger partial charge >= 0.3 is 24.7 Å². The SMILES string of the molecule is Cc1cc2c(cc1-c1ccc3c(c1)C(C(F)(F)F)(C(F)(F)F)c1ccccc1-3)C(C(F)(F)F)(C(F)(F)F)c1ccccc1-2. The van der Waals surface area contributed by atoms with E-state index in [1.165, 1.54) is 19.1 Å². The molecule has 0 nitrogen and oxygen atoms in total. The first-order valence-corrected chi connectivity index (χ1v) is 12.6. The summed E-state index contributed by atoms with van der Waals surface area (Å²) in [6, 6.07) is 12.4. The third-order valence-electron chi connectivity index (χ3n) is 8.45. The lowest BCUT2D eigenvalue weighted by atomic mass is 9.74. The van der Waals surface area contributed by atoms with E-state index in [1.54, 1.807) is 0 Å². The first kappa shape index (κ1) is 29.1. The number of alkyl halides is 12. The fraction of sp³-hybridized carbons (Fsp3) is 0.226. The van der Waals surface area contributed by atoms with Crippen LogP contribution in [0.4, 0.5) is 52.7 Å². The van der Waals surface area contributed by atoms with Crippen molar-refractivity contribution in [2.45, 2.75) is 42.5 Å². The van der Waals surface area contributed by atoms with E-state index < -0.39 is 68.9 Å². The molecule has 0 unspecified atom stereocenters. The smallest absolute Gasteiger partial charge is 0.169 e. The van der Waals surface area contributed by atoms with E-state index in [1.807, 2.05) is 0 Å². The topological polar surface area (TPSA) is 0 Å². The van der Waals surface area contributed by atoms with Gasteiger partial charge in [0.1, 0.15) is 0 Å². The van der Waals surface area contributed by atoms with Crippen LogP contribution in [-0.4, -0.2) is 24.7 Å². The van der Waals surface area contributed by atoms with Gasteiger partial charge in [0.05, 0.1) is 0 Å². The number of halogens is 12. The zero-order chi connectivity index (χ0) is 31.5. The zero-order valence-electron chi connectivity index (χ0n) is 21.5. The molecule has 6 rings (SSSR count). The number of benzene rings is 4. The van der Waals surface area contributed by atoms with E-state index in [2.05, 4.69) is 0 Å². The summed E-state index contributed by atoms with van der Waals surface area (Å²) < 4.78 is 175. The third kappa shape index (κ3) is 3.49. The van der Waals surface area contributed by atoms with Gasteiger partial charge < -0.3 is 0 Å². The van der Waals surface area contributed by atoms with Crippen molar-refractivity contribution in [2.75, 3.05) is 0 Å². The van der Waals surface area contributed by atoms with Crippen LogP contribution in [0.5, 0.6) is 0 Å². The summed E-state index contributed by atoms with van der Waals surface area (Å²) in [5.41, 5.74) is -15.7. The Morgan fingerprint density at radius 3 is 1.26 bits per heavy atom. The Hall–Kier alpha value is -3.96. The Balaban J connectivity index is 1.67. The second-order valence-corrected chi connectivity index (χ2v) is 10.6. The molecule has 0 N–H and O–H groups in total. The quantitative estimate of drug-likeness (QED) is 0.187. The van der Waals surface area contributed by atoms with E-state index in [9.17, 15) is 52.7 Å². The van der Waals surface area contributed by atoms with Crippen LogP contribution in [0.25, 0.3) is 33.4 Å². The Labute approximate surface area is 235 Å². The molecule has 0 atom stereocenters. The van der Waals surface area contributed by atoms with Crippen LogP contribution >= 0.6 is 0 Å². The summed E-state index contributed by atoms with van der Waals surface area (Å²) in [6.45, 7) is 1.31. The molecule has 4 aromatic rings. The fourth-order valence-electron chi connectivity index (χ4n) is 6.73. The van der Waals surface area contributed by atoms with Crippen molar-refractivity contribution in [3.05, 3.63) is 107 Å². The average Bonchev–Trinajstić information content (AvgIpc) is 3.35. The van der Waals surface area contributed by atoms with Crippen LogP contribution in [0.2, 0.25) is 0 Å². The largest absolute Gasteiger partial charge is 0.411 e. The number of fused-ring (bicyclic) bond motifs is 6. The van der Waals surface area contributed by atoms with Crippen molar-refractivity contribution in [1.29, 1.82) is 0 Å². The molecule has 2 aliphatic carbocycles. The Bertz CT molecular complexity index is 1760. The van der Waals surface area contributed by atoms with Gasteiger partial charge in [0.15, 0.2) is 0 Å². The molecule has 0 aromatic heterocycles. The Kier molecular flexibility index (Phi) is 5.80. The second-order valence-electron chi connectivity index (χ2n) is 10.6. The van der Waals surface area contributed by atoms with Crippen LogP contribution < -0.4 is 0 Å². The van der Waals surface area contributed by atoms with Crippen molar-refractivity contribution in [3.63, 3.8) is 0 Å². The summed E-state index contributed by atoms with van der Waals surface area (Å²) in [7, 11) is 0. The minimum atomic E-state index is -5.90. The van der Waals surface area contributed by atoms with E-state index in [4.69, 9.17) is 0 Å². The van der Waals surface area contributed by atoms with Gasteiger partial charge in [0.2, 0.25) is 10.8 Å². The van der Waals surface area contributed by atoms with Crippen LogP contribution in [-0.2, 0) is 10.8 Å². The maximum atomic E-state index is 14.6. The van der Waals surface area contributed by atoms with Crippen molar-refractivity contribution < 1.29 is 52.7 Å². The normalized spacial score (nSPS) is 16.9. The number of hydrogen-bond acceptors (Lipinski definition) is 0. The monoisotopic (exact) mass is 616 g/mol. The van der Waals surface area contributed by atoms with Gasteiger partial charge in [-0.15, -0.1) is 0 Å². The molecule has 224 valence electrons. The summed E-state index contributed by atoms with van der Waals surface area (Å²) in [5.74, 6) is 0. The lowest BCUT2D eigenvalue weighted by molar-refractivity contribution is -0.288. The second kappa shape index (κ2) is 8.57. The average molecular weight is 616 g/mol. The lowest BCUT2D eigenvalue weighted by Gasteiger charge is -2.36. The van der Waals surface area contributed by atoms with Crippen LogP contribution in [0.3, 0.4) is 0 Å². The molecule has 0 bridgehead atoms. The molecular weight excluding hydrogens is 600 g/mol. The van der Waals surface area contributed by atoms with Crippen molar-refractivity contribution in [3.8, 4) is 33.4 Å². The number of hydrogen-bond donors (Lipinski definition) is 0. The first-order chi connectivity index (χ1) is 19.8. The van der Waals surface area contributed by atoms with Crippen LogP contribution in [0.15, 0.2) is 78.9 Å². The maximum Gasteiger partial charge on any atom is 0.411 e.